The molecule has 0 aliphatic carbocycles. The van der Waals surface area contributed by atoms with Gasteiger partial charge in [-0.15, -0.1) is 0 Å². The van der Waals surface area contributed by atoms with Crippen LogP contribution in [0.4, 0.5) is 4.79 Å². The fourth-order valence-corrected chi connectivity index (χ4v) is 1.75. The molecule has 1 atom stereocenters. The van der Waals surface area contributed by atoms with Crippen molar-refractivity contribution in [3.63, 3.8) is 0 Å². The van der Waals surface area contributed by atoms with Crippen LogP contribution in [0.3, 0.4) is 0 Å². The number of methoxy groups -OCH3 is 1. The second kappa shape index (κ2) is 3.46. The Balaban J connectivity index is 2.40. The molecule has 0 radical (unpaired) electrons. The molecule has 1 N–H and O–H groups in total. The highest BCUT2D eigenvalue weighted by Gasteiger charge is 2.38. The van der Waals surface area contributed by atoms with Gasteiger partial charge in [0, 0.05) is 5.56 Å². The van der Waals surface area contributed by atoms with Crippen molar-refractivity contribution in [1.29, 1.82) is 0 Å². The van der Waals surface area contributed by atoms with Crippen molar-refractivity contribution in [1.82, 2.24) is 5.32 Å². The van der Waals surface area contributed by atoms with E-state index in [-0.39, 0.29) is 6.09 Å². The largest absolute Gasteiger partial charge is 0.496 e. The van der Waals surface area contributed by atoms with Crippen LogP contribution in [0.25, 0.3) is 0 Å². The number of carbonyl (C=O) groups excluding carboxylic acids is 1. The van der Waals surface area contributed by atoms with Crippen molar-refractivity contribution >= 4 is 6.09 Å². The lowest BCUT2D eigenvalue weighted by atomic mass is 9.93. The molecule has 1 aromatic rings. The molecule has 15 heavy (non-hydrogen) atoms. The average Bonchev–Trinajstić information content (AvgIpc) is 2.60. The van der Waals surface area contributed by atoms with E-state index in [1.165, 1.54) is 0 Å². The normalized spacial score (nSPS) is 24.5. The van der Waals surface area contributed by atoms with E-state index in [4.69, 9.17) is 9.47 Å². The van der Waals surface area contributed by atoms with Crippen LogP contribution in [0, 0.1) is 0 Å². The van der Waals surface area contributed by atoms with E-state index in [1.807, 2.05) is 31.2 Å². The van der Waals surface area contributed by atoms with Gasteiger partial charge >= 0.3 is 6.09 Å². The molecule has 4 heteroatoms. The number of para-hydroxylation sites is 1. The summed E-state index contributed by atoms with van der Waals surface area (Å²) >= 11 is 0. The molecular formula is C11H13NO3. The maximum absolute atomic E-state index is 11.1. The van der Waals surface area contributed by atoms with Crippen LogP contribution >= 0.6 is 0 Å². The van der Waals surface area contributed by atoms with Gasteiger partial charge in [0.2, 0.25) is 0 Å². The molecule has 1 saturated heterocycles. The van der Waals surface area contributed by atoms with Gasteiger partial charge < -0.3 is 14.8 Å². The molecule has 0 aromatic heterocycles. The quantitative estimate of drug-likeness (QED) is 0.802. The summed E-state index contributed by atoms with van der Waals surface area (Å²) in [7, 11) is 1.61. The number of carbonyl (C=O) groups is 1. The Morgan fingerprint density at radius 2 is 2.20 bits per heavy atom. The van der Waals surface area contributed by atoms with Crippen molar-refractivity contribution in [2.75, 3.05) is 13.7 Å². The number of rotatable bonds is 2. The molecule has 1 aliphatic heterocycles. The van der Waals surface area contributed by atoms with Crippen LogP contribution in [0.1, 0.15) is 12.5 Å². The number of amides is 1. The minimum absolute atomic E-state index is 0.326. The van der Waals surface area contributed by atoms with E-state index < -0.39 is 5.54 Å². The number of hydrogen-bond acceptors (Lipinski definition) is 3. The van der Waals surface area contributed by atoms with Crippen LogP contribution in [0.2, 0.25) is 0 Å². The minimum Gasteiger partial charge on any atom is -0.496 e. The summed E-state index contributed by atoms with van der Waals surface area (Å²) in [6, 6.07) is 7.59. The summed E-state index contributed by atoms with van der Waals surface area (Å²) in [5, 5.41) is 2.78. The van der Waals surface area contributed by atoms with Gasteiger partial charge in [-0.25, -0.2) is 4.79 Å². The lowest BCUT2D eigenvalue weighted by Gasteiger charge is -2.23. The number of hydrogen-bond donors (Lipinski definition) is 1. The van der Waals surface area contributed by atoms with E-state index in [9.17, 15) is 4.79 Å². The zero-order valence-corrected chi connectivity index (χ0v) is 8.74. The Hall–Kier alpha value is -1.71. The first-order chi connectivity index (χ1) is 7.15. The van der Waals surface area contributed by atoms with E-state index in [0.717, 1.165) is 11.3 Å². The highest BCUT2D eigenvalue weighted by molar-refractivity contribution is 5.71. The molecule has 0 spiro atoms. The molecule has 80 valence electrons. The second-order valence-electron chi connectivity index (χ2n) is 3.73. The summed E-state index contributed by atoms with van der Waals surface area (Å²) in [5.74, 6) is 0.755. The molecular weight excluding hydrogens is 194 g/mol. The van der Waals surface area contributed by atoms with Gasteiger partial charge in [-0.3, -0.25) is 0 Å². The number of ether oxygens (including phenoxy) is 2. The Labute approximate surface area is 88.2 Å². The highest BCUT2D eigenvalue weighted by Crippen LogP contribution is 2.32. The van der Waals surface area contributed by atoms with Gasteiger partial charge in [0.25, 0.3) is 0 Å². The molecule has 1 aliphatic rings. The molecule has 4 nitrogen and oxygen atoms in total. The first kappa shape index (κ1) is 9.83. The lowest BCUT2D eigenvalue weighted by molar-refractivity contribution is 0.173. The summed E-state index contributed by atoms with van der Waals surface area (Å²) in [4.78, 5) is 11.1. The van der Waals surface area contributed by atoms with Crippen molar-refractivity contribution < 1.29 is 14.3 Å². The molecule has 1 unspecified atom stereocenters. The van der Waals surface area contributed by atoms with Gasteiger partial charge in [0.1, 0.15) is 17.9 Å². The van der Waals surface area contributed by atoms with E-state index in [0.29, 0.717) is 6.61 Å². The predicted molar refractivity (Wildman–Crippen MR) is 54.8 cm³/mol. The topological polar surface area (TPSA) is 47.6 Å². The third-order valence-corrected chi connectivity index (χ3v) is 2.57. The van der Waals surface area contributed by atoms with Crippen LogP contribution in [-0.2, 0) is 10.3 Å². The molecule has 0 saturated carbocycles. The fourth-order valence-electron chi connectivity index (χ4n) is 1.75. The third-order valence-electron chi connectivity index (χ3n) is 2.57. The van der Waals surface area contributed by atoms with E-state index in [2.05, 4.69) is 5.32 Å². The van der Waals surface area contributed by atoms with Crippen LogP contribution in [-0.4, -0.2) is 19.8 Å². The van der Waals surface area contributed by atoms with E-state index in [1.54, 1.807) is 7.11 Å². The van der Waals surface area contributed by atoms with Crippen molar-refractivity contribution in [2.45, 2.75) is 12.5 Å². The van der Waals surface area contributed by atoms with Crippen molar-refractivity contribution in [3.05, 3.63) is 29.8 Å². The van der Waals surface area contributed by atoms with Crippen LogP contribution in [0.15, 0.2) is 24.3 Å². The summed E-state index contributed by atoms with van der Waals surface area (Å²) in [6.07, 6.45) is -0.386. The summed E-state index contributed by atoms with van der Waals surface area (Å²) in [5.41, 5.74) is 0.433. The zero-order valence-electron chi connectivity index (χ0n) is 8.74. The lowest BCUT2D eigenvalue weighted by Crippen LogP contribution is -2.37. The minimum atomic E-state index is -0.496. The zero-order chi connectivity index (χ0) is 10.9. The van der Waals surface area contributed by atoms with Crippen LogP contribution in [0.5, 0.6) is 5.75 Å². The van der Waals surface area contributed by atoms with Gasteiger partial charge in [-0.1, -0.05) is 18.2 Å². The van der Waals surface area contributed by atoms with Crippen molar-refractivity contribution in [3.8, 4) is 5.75 Å². The standard InChI is InChI=1S/C11H13NO3/c1-11(7-15-10(13)12-11)8-5-3-4-6-9(8)14-2/h3-6H,7H2,1-2H3,(H,12,13). The monoisotopic (exact) mass is 207 g/mol. The highest BCUT2D eigenvalue weighted by atomic mass is 16.6. The Morgan fingerprint density at radius 1 is 1.47 bits per heavy atom. The first-order valence-corrected chi connectivity index (χ1v) is 4.74. The Kier molecular flexibility index (Phi) is 2.26. The average molecular weight is 207 g/mol. The fraction of sp³-hybridized carbons (Fsp3) is 0.364. The number of alkyl carbamates (subject to hydrolysis) is 1. The Morgan fingerprint density at radius 3 is 2.80 bits per heavy atom. The molecule has 1 fully saturated rings. The number of nitrogens with one attached hydrogen (secondary N) is 1. The predicted octanol–water partition coefficient (Wildman–Crippen LogP) is 1.65. The van der Waals surface area contributed by atoms with Gasteiger partial charge in [0.05, 0.1) is 7.11 Å². The van der Waals surface area contributed by atoms with Crippen molar-refractivity contribution in [2.24, 2.45) is 0 Å². The number of benzene rings is 1. The molecule has 1 aromatic carbocycles. The molecule has 1 heterocycles. The Bertz CT molecular complexity index is 391. The van der Waals surface area contributed by atoms with Crippen LogP contribution < -0.4 is 10.1 Å². The maximum Gasteiger partial charge on any atom is 0.408 e. The summed E-state index contributed by atoms with van der Waals surface area (Å²) in [6.45, 7) is 2.24. The van der Waals surface area contributed by atoms with E-state index >= 15 is 0 Å². The van der Waals surface area contributed by atoms with Gasteiger partial charge in [0.15, 0.2) is 0 Å². The molecule has 1 amide bonds. The number of cyclic esters (lactones) is 1. The first-order valence-electron chi connectivity index (χ1n) is 4.74. The maximum atomic E-state index is 11.1. The molecule has 0 bridgehead atoms. The molecule has 2 rings (SSSR count). The second-order valence-corrected chi connectivity index (χ2v) is 3.73. The summed E-state index contributed by atoms with van der Waals surface area (Å²) < 4.78 is 10.2. The van der Waals surface area contributed by atoms with Gasteiger partial charge in [-0.05, 0) is 13.0 Å². The SMILES string of the molecule is COc1ccccc1C1(C)COC(=O)N1. The smallest absolute Gasteiger partial charge is 0.408 e. The third kappa shape index (κ3) is 1.63. The van der Waals surface area contributed by atoms with Gasteiger partial charge in [-0.2, -0.15) is 0 Å².